The summed E-state index contributed by atoms with van der Waals surface area (Å²) in [6.07, 6.45) is 1.98. The number of nitrogens with zero attached hydrogens (tertiary/aromatic N) is 4. The number of benzene rings is 2. The summed E-state index contributed by atoms with van der Waals surface area (Å²) in [4.78, 5) is 35.1. The standard InChI is InChI=1S/C20H17N5O4S3/c1-30-20-22-13-4-3-12-16(17(13)32-20)31-19(21-12)23-18(26)11-2-5-14(15(10-11)25(27)28)24-6-8-29-9-7-24/h2-5,10H,6-9H2,1H3,(H,21,23,26). The van der Waals surface area contributed by atoms with E-state index in [0.29, 0.717) is 37.1 Å². The number of ether oxygens (including phenoxy) is 1. The molecule has 3 heterocycles. The zero-order valence-corrected chi connectivity index (χ0v) is 19.3. The molecule has 2 aromatic heterocycles. The van der Waals surface area contributed by atoms with Crippen molar-refractivity contribution in [2.75, 3.05) is 42.8 Å². The second-order valence-corrected chi connectivity index (χ2v) is 10.0. The zero-order valence-electron chi connectivity index (χ0n) is 16.9. The number of rotatable bonds is 5. The van der Waals surface area contributed by atoms with Crippen LogP contribution in [0.1, 0.15) is 10.4 Å². The topological polar surface area (TPSA) is 110 Å². The second-order valence-electron chi connectivity index (χ2n) is 6.98. The van der Waals surface area contributed by atoms with E-state index in [0.717, 1.165) is 24.8 Å². The summed E-state index contributed by atoms with van der Waals surface area (Å²) in [6, 6.07) is 8.36. The number of anilines is 2. The molecule has 0 unspecified atom stereocenters. The van der Waals surface area contributed by atoms with Gasteiger partial charge in [0.1, 0.15) is 5.69 Å². The molecule has 0 atom stereocenters. The minimum Gasteiger partial charge on any atom is -0.378 e. The van der Waals surface area contributed by atoms with Gasteiger partial charge in [-0.3, -0.25) is 20.2 Å². The molecule has 1 aliphatic rings. The molecule has 4 aromatic rings. The fourth-order valence-corrected chi connectivity index (χ4v) is 6.20. The lowest BCUT2D eigenvalue weighted by molar-refractivity contribution is -0.384. The van der Waals surface area contributed by atoms with Gasteiger partial charge < -0.3 is 9.64 Å². The number of carbonyl (C=O) groups is 1. The van der Waals surface area contributed by atoms with Crippen molar-refractivity contribution in [1.82, 2.24) is 9.97 Å². The second kappa shape index (κ2) is 8.62. The quantitative estimate of drug-likeness (QED) is 0.247. The molecule has 1 amide bonds. The van der Waals surface area contributed by atoms with E-state index in [1.807, 2.05) is 23.3 Å². The number of nitro groups is 1. The lowest BCUT2D eigenvalue weighted by Gasteiger charge is -2.28. The van der Waals surface area contributed by atoms with Crippen LogP contribution in [-0.2, 0) is 4.74 Å². The predicted molar refractivity (Wildman–Crippen MR) is 129 cm³/mol. The van der Waals surface area contributed by atoms with Gasteiger partial charge in [0.15, 0.2) is 9.47 Å². The van der Waals surface area contributed by atoms with Gasteiger partial charge in [0.25, 0.3) is 11.6 Å². The highest BCUT2D eigenvalue weighted by Crippen LogP contribution is 2.38. The first-order chi connectivity index (χ1) is 15.5. The molecule has 1 N–H and O–H groups in total. The molecule has 1 aliphatic heterocycles. The number of hydrogen-bond acceptors (Lipinski definition) is 10. The van der Waals surface area contributed by atoms with Crippen molar-refractivity contribution in [1.29, 1.82) is 0 Å². The maximum atomic E-state index is 12.9. The van der Waals surface area contributed by atoms with Crippen LogP contribution in [-0.4, -0.2) is 53.4 Å². The van der Waals surface area contributed by atoms with E-state index in [9.17, 15) is 14.9 Å². The van der Waals surface area contributed by atoms with Crippen molar-refractivity contribution in [3.8, 4) is 0 Å². The number of carbonyl (C=O) groups excluding carboxylic acids is 1. The first kappa shape index (κ1) is 21.1. The maximum Gasteiger partial charge on any atom is 0.293 e. The first-order valence-electron chi connectivity index (χ1n) is 9.70. The third kappa shape index (κ3) is 3.90. The van der Waals surface area contributed by atoms with Crippen LogP contribution in [0, 0.1) is 10.1 Å². The minimum atomic E-state index is -0.455. The normalized spacial score (nSPS) is 14.2. The van der Waals surface area contributed by atoms with Gasteiger partial charge in [0.2, 0.25) is 0 Å². The summed E-state index contributed by atoms with van der Waals surface area (Å²) in [5, 5.41) is 14.9. The molecule has 0 aliphatic carbocycles. The molecule has 2 aromatic carbocycles. The Morgan fingerprint density at radius 3 is 2.59 bits per heavy atom. The Bertz CT molecular complexity index is 1350. The van der Waals surface area contributed by atoms with Crippen LogP contribution in [0.4, 0.5) is 16.5 Å². The van der Waals surface area contributed by atoms with Crippen LogP contribution >= 0.6 is 34.4 Å². The number of amides is 1. The Hall–Kier alpha value is -2.80. The lowest BCUT2D eigenvalue weighted by Crippen LogP contribution is -2.36. The van der Waals surface area contributed by atoms with E-state index in [4.69, 9.17) is 4.74 Å². The smallest absolute Gasteiger partial charge is 0.293 e. The zero-order chi connectivity index (χ0) is 22.2. The third-order valence-corrected chi connectivity index (χ3v) is 8.28. The van der Waals surface area contributed by atoms with E-state index in [-0.39, 0.29) is 11.3 Å². The van der Waals surface area contributed by atoms with Gasteiger partial charge in [-0.15, -0.1) is 11.3 Å². The van der Waals surface area contributed by atoms with Crippen molar-refractivity contribution < 1.29 is 14.5 Å². The van der Waals surface area contributed by atoms with Crippen LogP contribution in [0.15, 0.2) is 34.7 Å². The Kier molecular flexibility index (Phi) is 5.67. The Labute approximate surface area is 194 Å². The van der Waals surface area contributed by atoms with Crippen molar-refractivity contribution in [3.63, 3.8) is 0 Å². The Morgan fingerprint density at radius 1 is 1.16 bits per heavy atom. The molecule has 1 fully saturated rings. The van der Waals surface area contributed by atoms with Crippen LogP contribution in [0.2, 0.25) is 0 Å². The van der Waals surface area contributed by atoms with Crippen molar-refractivity contribution in [3.05, 3.63) is 46.0 Å². The molecule has 0 bridgehead atoms. The van der Waals surface area contributed by atoms with Crippen LogP contribution in [0.3, 0.4) is 0 Å². The molecular formula is C20H17N5O4S3. The summed E-state index contributed by atoms with van der Waals surface area (Å²) < 4.78 is 8.29. The first-order valence-corrected chi connectivity index (χ1v) is 12.6. The largest absolute Gasteiger partial charge is 0.378 e. The van der Waals surface area contributed by atoms with Gasteiger partial charge >= 0.3 is 0 Å². The number of thiazole rings is 2. The number of aromatic nitrogens is 2. The van der Waals surface area contributed by atoms with Crippen molar-refractivity contribution in [2.45, 2.75) is 4.34 Å². The van der Waals surface area contributed by atoms with E-state index < -0.39 is 10.8 Å². The summed E-state index contributed by atoms with van der Waals surface area (Å²) >= 11 is 4.56. The van der Waals surface area contributed by atoms with Crippen LogP contribution < -0.4 is 10.2 Å². The van der Waals surface area contributed by atoms with E-state index >= 15 is 0 Å². The highest BCUT2D eigenvalue weighted by atomic mass is 32.2. The van der Waals surface area contributed by atoms with E-state index in [1.165, 1.54) is 17.4 Å². The molecule has 12 heteroatoms. The molecule has 0 radical (unpaired) electrons. The van der Waals surface area contributed by atoms with Gasteiger partial charge in [0, 0.05) is 24.7 Å². The maximum absolute atomic E-state index is 12.9. The minimum absolute atomic E-state index is 0.0974. The number of nitro benzene ring substituents is 1. The Morgan fingerprint density at radius 2 is 1.88 bits per heavy atom. The number of morpholine rings is 1. The van der Waals surface area contributed by atoms with E-state index in [1.54, 1.807) is 35.2 Å². The molecule has 164 valence electrons. The Balaban J connectivity index is 1.43. The molecule has 0 spiro atoms. The van der Waals surface area contributed by atoms with Crippen molar-refractivity contribution >= 4 is 77.3 Å². The fourth-order valence-electron chi connectivity index (χ4n) is 3.55. The van der Waals surface area contributed by atoms with Crippen LogP contribution in [0.25, 0.3) is 20.4 Å². The van der Waals surface area contributed by atoms with E-state index in [2.05, 4.69) is 15.3 Å². The number of fused-ring (bicyclic) bond motifs is 3. The highest BCUT2D eigenvalue weighted by molar-refractivity contribution is 8.00. The number of nitrogens with one attached hydrogen (secondary N) is 1. The molecule has 5 rings (SSSR count). The predicted octanol–water partition coefficient (Wildman–Crippen LogP) is 4.63. The third-order valence-electron chi connectivity index (χ3n) is 5.07. The van der Waals surface area contributed by atoms with Gasteiger partial charge in [-0.05, 0) is 30.5 Å². The average molecular weight is 488 g/mol. The van der Waals surface area contributed by atoms with Gasteiger partial charge in [-0.2, -0.15) is 0 Å². The lowest BCUT2D eigenvalue weighted by atomic mass is 10.1. The molecule has 1 saturated heterocycles. The molecular weight excluding hydrogens is 470 g/mol. The highest BCUT2D eigenvalue weighted by Gasteiger charge is 2.24. The number of thioether (sulfide) groups is 1. The van der Waals surface area contributed by atoms with Gasteiger partial charge in [0.05, 0.1) is 38.6 Å². The van der Waals surface area contributed by atoms with Gasteiger partial charge in [-0.25, -0.2) is 9.97 Å². The van der Waals surface area contributed by atoms with Crippen LogP contribution in [0.5, 0.6) is 0 Å². The molecule has 9 nitrogen and oxygen atoms in total. The number of hydrogen-bond donors (Lipinski definition) is 1. The fraction of sp³-hybridized carbons (Fsp3) is 0.250. The van der Waals surface area contributed by atoms with Gasteiger partial charge in [-0.1, -0.05) is 23.1 Å². The summed E-state index contributed by atoms with van der Waals surface area (Å²) in [5.74, 6) is -0.439. The summed E-state index contributed by atoms with van der Waals surface area (Å²) in [6.45, 7) is 2.18. The molecule has 0 saturated carbocycles. The summed E-state index contributed by atoms with van der Waals surface area (Å²) in [7, 11) is 0. The van der Waals surface area contributed by atoms with Crippen molar-refractivity contribution in [2.24, 2.45) is 0 Å². The SMILES string of the molecule is CSc1nc2ccc3nc(NC(=O)c4ccc(N5CCOCC5)c([N+](=O)[O-])c4)sc3c2s1. The summed E-state index contributed by atoms with van der Waals surface area (Å²) in [5.41, 5.74) is 2.29. The molecule has 32 heavy (non-hydrogen) atoms. The average Bonchev–Trinajstić information content (AvgIpc) is 3.42. The monoisotopic (exact) mass is 487 g/mol.